The van der Waals surface area contributed by atoms with Gasteiger partial charge in [0.25, 0.3) is 0 Å². The van der Waals surface area contributed by atoms with E-state index in [1.165, 1.54) is 0 Å². The molecule has 0 rings (SSSR count). The minimum Gasteiger partial charge on any atom is -1.00 e. The Labute approximate surface area is 59.2 Å². The number of hydrogen-bond acceptors (Lipinski definition) is 0. The minimum atomic E-state index is -2.19. The Morgan fingerprint density at radius 2 is 1.29 bits per heavy atom. The molecule has 0 aromatic heterocycles. The fraction of sp³-hybridized carbons (Fsp3) is 0. The van der Waals surface area contributed by atoms with Crippen LogP contribution < -0.4 is 17.0 Å². The van der Waals surface area contributed by atoms with E-state index in [2.05, 4.69) is 0 Å². The van der Waals surface area contributed by atoms with E-state index >= 15 is 0 Å². The van der Waals surface area contributed by atoms with Gasteiger partial charge in [-0.15, -0.1) is 0 Å². The Kier molecular flexibility index (Phi) is 7.23. The Morgan fingerprint density at radius 3 is 1.29 bits per heavy atom. The van der Waals surface area contributed by atoms with Crippen LogP contribution in [0.5, 0.6) is 0 Å². The molecule has 0 saturated carbocycles. The molecular formula is C2BrF3Zn. The topological polar surface area (TPSA) is 0 Å². The van der Waals surface area contributed by atoms with Gasteiger partial charge in [0.2, 0.25) is 0 Å². The van der Waals surface area contributed by atoms with E-state index in [0.717, 1.165) is 0 Å². The van der Waals surface area contributed by atoms with Crippen LogP contribution in [0, 0.1) is 0 Å². The molecule has 0 N–H and O–H groups in total. The van der Waals surface area contributed by atoms with Gasteiger partial charge in [0.15, 0.2) is 0 Å². The van der Waals surface area contributed by atoms with Crippen molar-refractivity contribution in [3.05, 3.63) is 10.5 Å². The molecule has 38 valence electrons. The molecule has 0 radical (unpaired) electrons. The van der Waals surface area contributed by atoms with Gasteiger partial charge in [-0.2, -0.15) is 0 Å². The molecular weight excluding hydrogens is 226 g/mol. The SMILES string of the molecule is FC(F)=[C](F)[Zn+].[Br-]. The maximum atomic E-state index is 11.0. The quantitative estimate of drug-likeness (QED) is 0.444. The zero-order valence-electron chi connectivity index (χ0n) is 3.22. The zero-order chi connectivity index (χ0) is 5.15. The van der Waals surface area contributed by atoms with Crippen molar-refractivity contribution >= 4 is 0 Å². The van der Waals surface area contributed by atoms with Crippen molar-refractivity contribution in [2.45, 2.75) is 0 Å². The molecule has 0 nitrogen and oxygen atoms in total. The van der Waals surface area contributed by atoms with Gasteiger partial charge in [0.05, 0.1) is 0 Å². The normalized spacial score (nSPS) is 7.00. The molecule has 7 heavy (non-hydrogen) atoms. The van der Waals surface area contributed by atoms with Gasteiger partial charge in [-0.1, -0.05) is 0 Å². The van der Waals surface area contributed by atoms with E-state index in [9.17, 15) is 13.2 Å². The van der Waals surface area contributed by atoms with Gasteiger partial charge in [-0.05, 0) is 0 Å². The predicted molar refractivity (Wildman–Crippen MR) is 10.4 cm³/mol. The molecule has 5 heteroatoms. The number of rotatable bonds is 0. The zero-order valence-corrected chi connectivity index (χ0v) is 7.77. The van der Waals surface area contributed by atoms with Crippen molar-refractivity contribution in [3.8, 4) is 0 Å². The molecule has 0 aromatic carbocycles. The van der Waals surface area contributed by atoms with E-state index in [4.69, 9.17) is 0 Å². The monoisotopic (exact) mass is 224 g/mol. The van der Waals surface area contributed by atoms with Crippen LogP contribution in [0.4, 0.5) is 13.2 Å². The van der Waals surface area contributed by atoms with Crippen LogP contribution in [0.3, 0.4) is 0 Å². The average Bonchev–Trinajstić information content (AvgIpc) is 1.36. The van der Waals surface area contributed by atoms with Crippen LogP contribution in [0.2, 0.25) is 0 Å². The summed E-state index contributed by atoms with van der Waals surface area (Å²) in [7, 11) is 0. The third kappa shape index (κ3) is 6.63. The van der Waals surface area contributed by atoms with Crippen molar-refractivity contribution in [2.75, 3.05) is 0 Å². The molecule has 0 heterocycles. The van der Waals surface area contributed by atoms with Gasteiger partial charge in [0.1, 0.15) is 0 Å². The molecule has 0 spiro atoms. The van der Waals surface area contributed by atoms with Gasteiger partial charge >= 0.3 is 42.0 Å². The van der Waals surface area contributed by atoms with Crippen LogP contribution in [-0.4, -0.2) is 0 Å². The first-order valence-corrected chi connectivity index (χ1v) is 2.65. The summed E-state index contributed by atoms with van der Waals surface area (Å²) in [4.78, 5) is 0. The van der Waals surface area contributed by atoms with E-state index in [-0.39, 0.29) is 35.3 Å². The van der Waals surface area contributed by atoms with Crippen LogP contribution >= 0.6 is 0 Å². The third-order valence-corrected chi connectivity index (χ3v) is 0.766. The van der Waals surface area contributed by atoms with Gasteiger partial charge in [-0.25, -0.2) is 0 Å². The van der Waals surface area contributed by atoms with Crippen LogP contribution in [0.15, 0.2) is 10.5 Å². The number of halogens is 4. The first-order chi connectivity index (χ1) is 2.64. The molecule has 0 amide bonds. The van der Waals surface area contributed by atoms with Crippen molar-refractivity contribution in [1.82, 2.24) is 0 Å². The third-order valence-electron chi connectivity index (χ3n) is 0.205. The Bertz CT molecular complexity index is 63.0. The molecule has 0 fully saturated rings. The van der Waals surface area contributed by atoms with Gasteiger partial charge < -0.3 is 17.0 Å². The maximum Gasteiger partial charge on any atom is -1.00 e. The van der Waals surface area contributed by atoms with Crippen molar-refractivity contribution < 1.29 is 48.5 Å². The summed E-state index contributed by atoms with van der Waals surface area (Å²) >= 11 is -0.0949. The molecule has 0 atom stereocenters. The van der Waals surface area contributed by atoms with Crippen LogP contribution in [-0.2, 0) is 18.3 Å². The summed E-state index contributed by atoms with van der Waals surface area (Å²) in [6.45, 7) is 0. The Morgan fingerprint density at radius 1 is 1.14 bits per heavy atom. The summed E-state index contributed by atoms with van der Waals surface area (Å²) in [5, 5.41) is 0. The van der Waals surface area contributed by atoms with Crippen molar-refractivity contribution in [3.63, 3.8) is 0 Å². The molecule has 0 aliphatic carbocycles. The average molecular weight is 226 g/mol. The summed E-state index contributed by atoms with van der Waals surface area (Å²) in [5.74, 6) is 0. The molecule has 0 aromatic rings. The van der Waals surface area contributed by atoms with Crippen LogP contribution in [0.25, 0.3) is 0 Å². The van der Waals surface area contributed by atoms with Crippen molar-refractivity contribution in [1.29, 1.82) is 0 Å². The van der Waals surface area contributed by atoms with Gasteiger partial charge in [-0.3, -0.25) is 0 Å². The molecule has 0 bridgehead atoms. The first-order valence-electron chi connectivity index (χ1n) is 1.17. The van der Waals surface area contributed by atoms with E-state index in [0.29, 0.717) is 0 Å². The Balaban J connectivity index is 0. The van der Waals surface area contributed by atoms with Crippen LogP contribution in [0.1, 0.15) is 0 Å². The molecule has 0 aliphatic heterocycles. The van der Waals surface area contributed by atoms with E-state index < -0.39 is 10.5 Å². The second kappa shape index (κ2) is 4.78. The predicted octanol–water partition coefficient (Wildman–Crippen LogP) is -1.43. The largest absolute Gasteiger partial charge is 1.00 e. The molecule has 0 saturated heterocycles. The number of hydrogen-bond donors (Lipinski definition) is 0. The maximum absolute atomic E-state index is 11.0. The summed E-state index contributed by atoms with van der Waals surface area (Å²) in [5.41, 5.74) is 0. The summed E-state index contributed by atoms with van der Waals surface area (Å²) < 4.78 is 31.1. The van der Waals surface area contributed by atoms with Crippen molar-refractivity contribution in [2.24, 2.45) is 0 Å². The second-order valence-electron chi connectivity index (χ2n) is 0.665. The van der Waals surface area contributed by atoms with E-state index in [1.807, 2.05) is 0 Å². The second-order valence-corrected chi connectivity index (χ2v) is 1.97. The Hall–Kier alpha value is 0.633. The molecule has 0 unspecified atom stereocenters. The fourth-order valence-corrected chi connectivity index (χ4v) is 0. The summed E-state index contributed by atoms with van der Waals surface area (Å²) in [6.07, 6.45) is -2.19. The van der Waals surface area contributed by atoms with E-state index in [1.54, 1.807) is 0 Å². The standard InChI is InChI=1S/C2F3.BrH.Zn/c3-1-2(4)5;;/h;1H;/q;;+1/p-1. The summed E-state index contributed by atoms with van der Waals surface area (Å²) in [6, 6.07) is 0. The fourth-order valence-electron chi connectivity index (χ4n) is 0. The van der Waals surface area contributed by atoms with Gasteiger partial charge in [0, 0.05) is 0 Å². The first kappa shape index (κ1) is 10.6. The molecule has 0 aliphatic rings. The minimum absolute atomic E-state index is 0. The smallest absolute Gasteiger partial charge is 1.00 e.